The van der Waals surface area contributed by atoms with Gasteiger partial charge in [0.05, 0.1) is 30.6 Å². The predicted molar refractivity (Wildman–Crippen MR) is 180 cm³/mol. The van der Waals surface area contributed by atoms with Crippen molar-refractivity contribution in [2.75, 3.05) is 7.11 Å². The Balaban J connectivity index is 1.50. The summed E-state index contributed by atoms with van der Waals surface area (Å²) in [4.78, 5) is 76.5. The van der Waals surface area contributed by atoms with Crippen molar-refractivity contribution in [1.82, 2.24) is 0 Å². The number of carbonyl (C=O) groups is 6. The third-order valence-corrected chi connectivity index (χ3v) is 8.25. The zero-order chi connectivity index (χ0) is 37.3. The summed E-state index contributed by atoms with van der Waals surface area (Å²) in [5.41, 5.74) is 1.13. The quantitative estimate of drug-likeness (QED) is 0.110. The van der Waals surface area contributed by atoms with Crippen molar-refractivity contribution in [1.29, 1.82) is 0 Å². The average molecular weight is 709 g/mol. The third kappa shape index (κ3) is 7.20. The summed E-state index contributed by atoms with van der Waals surface area (Å²) in [6, 6.07) is 18.7. The van der Waals surface area contributed by atoms with Crippen LogP contribution in [0.5, 0.6) is 40.2 Å². The van der Waals surface area contributed by atoms with Gasteiger partial charge in [0.25, 0.3) is 0 Å². The lowest BCUT2D eigenvalue weighted by molar-refractivity contribution is -0.133. The number of hydrogen-bond acceptors (Lipinski definition) is 13. The van der Waals surface area contributed by atoms with Gasteiger partial charge in [0.1, 0.15) is 52.3 Å². The van der Waals surface area contributed by atoms with E-state index in [1.807, 2.05) is 0 Å². The standard InChI is InChI=1S/C39H32O13/c1-19(40)47-26-12-6-23(7-13-26)30-17-29(44)34-32(51-30)18-33-35(39(34)50-22(4)43)36(38(52-33)24-8-10-25(46-5)11-9-24)37(45)28-15-14-27(48-20(2)41)16-31(28)49-21(3)42/h6-16,18,30,36,38H,17H2,1-5H3. The lowest BCUT2D eigenvalue weighted by Crippen LogP contribution is -2.24. The van der Waals surface area contributed by atoms with Crippen LogP contribution in [0.1, 0.15) is 89.6 Å². The Kier molecular flexibility index (Phi) is 9.78. The van der Waals surface area contributed by atoms with Gasteiger partial charge in [0.15, 0.2) is 17.3 Å². The molecule has 52 heavy (non-hydrogen) atoms. The first-order valence-corrected chi connectivity index (χ1v) is 16.1. The third-order valence-electron chi connectivity index (χ3n) is 8.25. The fourth-order valence-electron chi connectivity index (χ4n) is 6.22. The van der Waals surface area contributed by atoms with Crippen LogP contribution < -0.4 is 33.2 Å². The number of benzene rings is 4. The minimum Gasteiger partial charge on any atom is -0.497 e. The highest BCUT2D eigenvalue weighted by atomic mass is 16.6. The van der Waals surface area contributed by atoms with Crippen LogP contribution in [-0.2, 0) is 19.2 Å². The molecule has 6 rings (SSSR count). The fraction of sp³-hybridized carbons (Fsp3) is 0.231. The van der Waals surface area contributed by atoms with Gasteiger partial charge in [0.2, 0.25) is 0 Å². The van der Waals surface area contributed by atoms with Crippen molar-refractivity contribution in [3.8, 4) is 40.2 Å². The number of esters is 4. The molecule has 4 aromatic rings. The van der Waals surface area contributed by atoms with E-state index < -0.39 is 53.6 Å². The molecule has 0 N–H and O–H groups in total. The Bertz CT molecular complexity index is 2120. The molecule has 3 unspecified atom stereocenters. The summed E-state index contributed by atoms with van der Waals surface area (Å²) in [7, 11) is 1.51. The van der Waals surface area contributed by atoms with Gasteiger partial charge in [-0.1, -0.05) is 24.3 Å². The number of Topliss-reactive ketones (excluding diaryl/α,β-unsaturated/α-hetero) is 2. The molecule has 2 aliphatic heterocycles. The van der Waals surface area contributed by atoms with Crippen LogP contribution in [0.25, 0.3) is 0 Å². The monoisotopic (exact) mass is 708 g/mol. The Morgan fingerprint density at radius 2 is 1.21 bits per heavy atom. The number of methoxy groups -OCH3 is 1. The van der Waals surface area contributed by atoms with E-state index in [1.54, 1.807) is 48.5 Å². The maximum absolute atomic E-state index is 14.8. The number of hydrogen-bond donors (Lipinski definition) is 0. The average Bonchev–Trinajstić information content (AvgIpc) is 3.46. The molecule has 2 aliphatic rings. The summed E-state index contributed by atoms with van der Waals surface area (Å²) >= 11 is 0. The Labute approximate surface area is 297 Å². The van der Waals surface area contributed by atoms with Crippen LogP contribution in [0.3, 0.4) is 0 Å². The van der Waals surface area contributed by atoms with E-state index in [0.29, 0.717) is 22.6 Å². The highest BCUT2D eigenvalue weighted by molar-refractivity contribution is 6.08. The van der Waals surface area contributed by atoms with E-state index >= 15 is 0 Å². The molecule has 0 fully saturated rings. The van der Waals surface area contributed by atoms with Crippen molar-refractivity contribution in [2.24, 2.45) is 0 Å². The summed E-state index contributed by atoms with van der Waals surface area (Å²) < 4.78 is 39.5. The van der Waals surface area contributed by atoms with Gasteiger partial charge in [-0.15, -0.1) is 0 Å². The van der Waals surface area contributed by atoms with E-state index in [9.17, 15) is 28.8 Å². The highest BCUT2D eigenvalue weighted by Crippen LogP contribution is 2.57. The van der Waals surface area contributed by atoms with E-state index in [4.69, 9.17) is 33.2 Å². The van der Waals surface area contributed by atoms with Crippen molar-refractivity contribution >= 4 is 35.4 Å². The molecule has 4 aromatic carbocycles. The Morgan fingerprint density at radius 1 is 0.635 bits per heavy atom. The minimum atomic E-state index is -1.25. The molecule has 13 nitrogen and oxygen atoms in total. The van der Waals surface area contributed by atoms with Gasteiger partial charge in [0, 0.05) is 39.8 Å². The molecule has 0 aliphatic carbocycles. The van der Waals surface area contributed by atoms with Gasteiger partial charge in [-0.3, -0.25) is 28.8 Å². The van der Waals surface area contributed by atoms with Crippen LogP contribution in [-0.4, -0.2) is 42.6 Å². The van der Waals surface area contributed by atoms with Crippen molar-refractivity contribution in [3.05, 3.63) is 101 Å². The van der Waals surface area contributed by atoms with Crippen LogP contribution in [0, 0.1) is 0 Å². The molecule has 0 spiro atoms. The number of ether oxygens (including phenoxy) is 7. The molecule has 0 amide bonds. The molecule has 0 bridgehead atoms. The van der Waals surface area contributed by atoms with Crippen LogP contribution >= 0.6 is 0 Å². The van der Waals surface area contributed by atoms with Gasteiger partial charge < -0.3 is 33.2 Å². The molecular formula is C39H32O13. The normalized spacial score (nSPS) is 17.0. The van der Waals surface area contributed by atoms with E-state index in [-0.39, 0.29) is 51.9 Å². The first-order valence-electron chi connectivity index (χ1n) is 16.1. The number of fused-ring (bicyclic) bond motifs is 2. The maximum atomic E-state index is 14.8. The van der Waals surface area contributed by atoms with E-state index in [0.717, 1.165) is 13.8 Å². The van der Waals surface area contributed by atoms with Crippen molar-refractivity contribution in [2.45, 2.75) is 52.2 Å². The van der Waals surface area contributed by atoms with Crippen molar-refractivity contribution < 1.29 is 61.9 Å². The van der Waals surface area contributed by atoms with E-state index in [2.05, 4.69) is 0 Å². The molecule has 0 saturated heterocycles. The Hall–Kier alpha value is -6.50. The van der Waals surface area contributed by atoms with E-state index in [1.165, 1.54) is 45.2 Å². The fourth-order valence-corrected chi connectivity index (χ4v) is 6.22. The first-order chi connectivity index (χ1) is 24.8. The lowest BCUT2D eigenvalue weighted by atomic mass is 9.82. The first kappa shape index (κ1) is 35.3. The van der Waals surface area contributed by atoms with Gasteiger partial charge >= 0.3 is 23.9 Å². The summed E-state index contributed by atoms with van der Waals surface area (Å²) in [6.45, 7) is 4.79. The molecule has 0 radical (unpaired) electrons. The number of rotatable bonds is 9. The molecule has 2 heterocycles. The molecule has 13 heteroatoms. The van der Waals surface area contributed by atoms with Gasteiger partial charge in [-0.2, -0.15) is 0 Å². The summed E-state index contributed by atoms with van der Waals surface area (Å²) in [5, 5.41) is 0. The molecule has 266 valence electrons. The molecular weight excluding hydrogens is 676 g/mol. The number of ketones is 2. The highest BCUT2D eigenvalue weighted by Gasteiger charge is 2.47. The van der Waals surface area contributed by atoms with Crippen molar-refractivity contribution in [3.63, 3.8) is 0 Å². The summed E-state index contributed by atoms with van der Waals surface area (Å²) in [6.07, 6.45) is -1.94. The zero-order valence-corrected chi connectivity index (χ0v) is 28.7. The molecule has 3 atom stereocenters. The lowest BCUT2D eigenvalue weighted by Gasteiger charge is -2.28. The molecule has 0 saturated carbocycles. The number of carbonyl (C=O) groups excluding carboxylic acids is 6. The maximum Gasteiger partial charge on any atom is 0.308 e. The van der Waals surface area contributed by atoms with Crippen LogP contribution in [0.4, 0.5) is 0 Å². The van der Waals surface area contributed by atoms with Crippen LogP contribution in [0.15, 0.2) is 72.8 Å². The largest absolute Gasteiger partial charge is 0.497 e. The zero-order valence-electron chi connectivity index (χ0n) is 28.7. The second-order valence-electron chi connectivity index (χ2n) is 12.0. The van der Waals surface area contributed by atoms with Gasteiger partial charge in [-0.25, -0.2) is 0 Å². The Morgan fingerprint density at radius 3 is 1.83 bits per heavy atom. The second-order valence-corrected chi connectivity index (χ2v) is 12.0. The molecule has 0 aromatic heterocycles. The van der Waals surface area contributed by atoms with Gasteiger partial charge in [-0.05, 0) is 47.5 Å². The van der Waals surface area contributed by atoms with Crippen LogP contribution in [0.2, 0.25) is 0 Å². The predicted octanol–water partition coefficient (Wildman–Crippen LogP) is 6.20. The SMILES string of the molecule is COc1ccc(C2Oc3cc4c(c(OC(C)=O)c3C2C(=O)c2ccc(OC(C)=O)cc2OC(C)=O)C(=O)CC(c2ccc(OC(C)=O)cc2)O4)cc1. The summed E-state index contributed by atoms with van der Waals surface area (Å²) in [5.74, 6) is -4.24. The smallest absolute Gasteiger partial charge is 0.308 e. The minimum absolute atomic E-state index is 0.0306. The second kappa shape index (κ2) is 14.4. The topological polar surface area (TPSA) is 167 Å².